The zero-order chi connectivity index (χ0) is 46.7. The molecule has 12 atom stereocenters. The number of phenols is 2. The van der Waals surface area contributed by atoms with Crippen molar-refractivity contribution in [3.05, 3.63) is 59.2 Å². The molecule has 0 bridgehead atoms. The van der Waals surface area contributed by atoms with Gasteiger partial charge in [0.15, 0.2) is 46.4 Å². The van der Waals surface area contributed by atoms with E-state index in [9.17, 15) is 40.5 Å². The Kier molecular flexibility index (Phi) is 14.7. The number of phenolic OH excluding ortho intramolecular Hbond substituents is 2. The van der Waals surface area contributed by atoms with Crippen molar-refractivity contribution in [3.63, 3.8) is 0 Å². The van der Waals surface area contributed by atoms with Crippen LogP contribution in [0.5, 0.6) is 51.7 Å². The average molecular weight is 919 g/mol. The van der Waals surface area contributed by atoms with Crippen molar-refractivity contribution in [2.45, 2.75) is 60.9 Å². The van der Waals surface area contributed by atoms with Crippen molar-refractivity contribution in [3.8, 4) is 51.7 Å². The lowest BCUT2D eigenvalue weighted by Gasteiger charge is -2.40. The fourth-order valence-corrected chi connectivity index (χ4v) is 8.29. The average Bonchev–Trinajstić information content (AvgIpc) is 4.01. The van der Waals surface area contributed by atoms with Crippen LogP contribution in [-0.4, -0.2) is 166 Å². The van der Waals surface area contributed by atoms with E-state index in [-0.39, 0.29) is 69.7 Å². The summed E-state index contributed by atoms with van der Waals surface area (Å²) < 4.78 is 73.2. The van der Waals surface area contributed by atoms with E-state index in [0.717, 1.165) is 11.6 Å². The summed E-state index contributed by atoms with van der Waals surface area (Å²) >= 11 is 0. The number of aliphatic hydroxyl groups excluding tert-OH is 4. The van der Waals surface area contributed by atoms with Gasteiger partial charge in [-0.25, -0.2) is 4.79 Å². The van der Waals surface area contributed by atoms with E-state index in [0.29, 0.717) is 24.3 Å². The number of aromatic hydroxyl groups is 2. The fourth-order valence-electron chi connectivity index (χ4n) is 8.29. The van der Waals surface area contributed by atoms with Crippen molar-refractivity contribution in [1.29, 1.82) is 0 Å². The number of ether oxygens (including phenoxy) is 13. The van der Waals surface area contributed by atoms with Crippen LogP contribution in [0.15, 0.2) is 42.5 Å². The predicted octanol–water partition coefficient (Wildman–Crippen LogP) is 1.13. The molecule has 7 rings (SSSR count). The second kappa shape index (κ2) is 20.0. The van der Waals surface area contributed by atoms with Crippen LogP contribution in [0.3, 0.4) is 0 Å². The van der Waals surface area contributed by atoms with Gasteiger partial charge in [0, 0.05) is 17.9 Å². The lowest BCUT2D eigenvalue weighted by atomic mass is 9.84. The highest BCUT2D eigenvalue weighted by Crippen LogP contribution is 2.54. The van der Waals surface area contributed by atoms with Crippen molar-refractivity contribution < 1.29 is 102 Å². The number of aliphatic hydroxyl groups is 5. The first kappa shape index (κ1) is 47.6. The highest BCUT2D eigenvalue weighted by Gasteiger charge is 2.52. The van der Waals surface area contributed by atoms with Crippen molar-refractivity contribution in [1.82, 2.24) is 0 Å². The zero-order valence-electron chi connectivity index (χ0n) is 36.4. The molecule has 3 aromatic carbocycles. The smallest absolute Gasteiger partial charge is 0.330 e. The fraction of sp³-hybridized carbons (Fsp3) is 0.523. The minimum atomic E-state index is -2.10. The maximum Gasteiger partial charge on any atom is 0.330 e. The van der Waals surface area contributed by atoms with Gasteiger partial charge in [-0.3, -0.25) is 0 Å². The molecule has 4 aliphatic rings. The van der Waals surface area contributed by atoms with Gasteiger partial charge in [-0.05, 0) is 59.2 Å². The van der Waals surface area contributed by atoms with Gasteiger partial charge in [0.05, 0.1) is 81.3 Å². The molecule has 12 unspecified atom stereocenters. The van der Waals surface area contributed by atoms with Crippen molar-refractivity contribution in [2.75, 3.05) is 75.7 Å². The zero-order valence-corrected chi connectivity index (χ0v) is 36.4. The number of rotatable bonds is 17. The number of hydrogen-bond acceptors (Lipinski definition) is 21. The Labute approximate surface area is 373 Å². The number of carbonyl (C=O) groups excluding carboxylic acids is 1. The van der Waals surface area contributed by atoms with Gasteiger partial charge in [-0.1, -0.05) is 0 Å². The van der Waals surface area contributed by atoms with E-state index >= 15 is 0 Å². The molecule has 0 radical (unpaired) electrons. The third-order valence-corrected chi connectivity index (χ3v) is 11.9. The van der Waals surface area contributed by atoms with Gasteiger partial charge in [-0.15, -0.1) is 0 Å². The first-order valence-corrected chi connectivity index (χ1v) is 20.4. The molecule has 356 valence electrons. The lowest BCUT2D eigenvalue weighted by Crippen LogP contribution is -2.60. The molecule has 4 saturated heterocycles. The minimum Gasteiger partial charge on any atom is -0.502 e. The Morgan fingerprint density at radius 2 is 1.17 bits per heavy atom. The molecule has 0 saturated carbocycles. The minimum absolute atomic E-state index is 0.00374. The van der Waals surface area contributed by atoms with Crippen LogP contribution in [0.4, 0.5) is 0 Å². The second-order valence-electron chi connectivity index (χ2n) is 15.8. The number of benzene rings is 3. The van der Waals surface area contributed by atoms with E-state index in [1.165, 1.54) is 60.9 Å². The third kappa shape index (κ3) is 9.52. The topological polar surface area (TPSA) is 279 Å². The van der Waals surface area contributed by atoms with Crippen molar-refractivity contribution in [2.24, 2.45) is 11.8 Å². The predicted molar refractivity (Wildman–Crippen MR) is 220 cm³/mol. The maximum atomic E-state index is 12.5. The summed E-state index contributed by atoms with van der Waals surface area (Å²) in [6.45, 7) is -1.04. The maximum absolute atomic E-state index is 12.5. The van der Waals surface area contributed by atoms with Crippen LogP contribution < -0.4 is 33.2 Å². The van der Waals surface area contributed by atoms with Gasteiger partial charge in [0.25, 0.3) is 0 Å². The van der Waals surface area contributed by atoms with Crippen LogP contribution in [-0.2, 0) is 33.2 Å². The molecule has 65 heavy (non-hydrogen) atoms. The van der Waals surface area contributed by atoms with Gasteiger partial charge < -0.3 is 97.3 Å². The van der Waals surface area contributed by atoms with Crippen LogP contribution >= 0.6 is 0 Å². The standard InChI is InChI=1S/C44H54O21/c1-53-25-9-20(10-26(54-2)33(25)46)7-8-32(45)62-18-44(52)19-63-43(41(44)51)61-17-31-35(48)36(49)37(50)42(64-31)65-40-29(57-5)13-22(14-30(40)58-6)39-24-16-59-38(23(24)15-60-39)21-11-27(55-3)34(47)28(12-21)56-4/h7-14,23-24,31,35-39,41-43,46-52H,15-19H2,1-6H3. The van der Waals surface area contributed by atoms with E-state index in [1.54, 1.807) is 24.3 Å². The monoisotopic (exact) mass is 918 g/mol. The molecule has 0 aromatic heterocycles. The van der Waals surface area contributed by atoms with Gasteiger partial charge in [0.1, 0.15) is 37.1 Å². The molecule has 4 fully saturated rings. The Morgan fingerprint density at radius 3 is 1.68 bits per heavy atom. The molecule has 3 aromatic rings. The molecule has 4 aliphatic heterocycles. The van der Waals surface area contributed by atoms with Crippen LogP contribution in [0.2, 0.25) is 0 Å². The molecule has 21 heteroatoms. The van der Waals surface area contributed by atoms with E-state index < -0.39 is 80.6 Å². The Bertz CT molecular complexity index is 2110. The van der Waals surface area contributed by atoms with E-state index in [1.807, 2.05) is 0 Å². The Morgan fingerprint density at radius 1 is 0.677 bits per heavy atom. The normalized spacial score (nSPS) is 30.8. The number of carbonyl (C=O) groups is 1. The molecule has 7 N–H and O–H groups in total. The van der Waals surface area contributed by atoms with Crippen LogP contribution in [0.25, 0.3) is 6.08 Å². The molecule has 0 amide bonds. The van der Waals surface area contributed by atoms with Crippen LogP contribution in [0.1, 0.15) is 28.9 Å². The lowest BCUT2D eigenvalue weighted by molar-refractivity contribution is -0.289. The molecule has 21 nitrogen and oxygen atoms in total. The summed E-state index contributed by atoms with van der Waals surface area (Å²) in [6, 6.07) is 9.69. The summed E-state index contributed by atoms with van der Waals surface area (Å²) in [4.78, 5) is 12.5. The van der Waals surface area contributed by atoms with E-state index in [2.05, 4.69) is 0 Å². The summed E-state index contributed by atoms with van der Waals surface area (Å²) in [5, 5.41) is 75.3. The van der Waals surface area contributed by atoms with Gasteiger partial charge in [0.2, 0.25) is 23.5 Å². The summed E-state index contributed by atoms with van der Waals surface area (Å²) in [6.07, 6.45) is -9.94. The van der Waals surface area contributed by atoms with Crippen LogP contribution in [0, 0.1) is 11.8 Å². The quantitative estimate of drug-likeness (QED) is 0.0738. The number of esters is 1. The highest BCUT2D eigenvalue weighted by molar-refractivity contribution is 5.87. The first-order chi connectivity index (χ1) is 31.2. The molecule has 4 heterocycles. The summed E-state index contributed by atoms with van der Waals surface area (Å²) in [5.74, 6) is -0.366. The molecular formula is C44H54O21. The largest absolute Gasteiger partial charge is 0.502 e. The summed E-state index contributed by atoms with van der Waals surface area (Å²) in [7, 11) is 8.40. The van der Waals surface area contributed by atoms with E-state index in [4.69, 9.17) is 61.6 Å². The third-order valence-electron chi connectivity index (χ3n) is 11.9. The second-order valence-corrected chi connectivity index (χ2v) is 15.8. The first-order valence-electron chi connectivity index (χ1n) is 20.4. The highest BCUT2D eigenvalue weighted by atomic mass is 16.7. The summed E-state index contributed by atoms with van der Waals surface area (Å²) in [5.41, 5.74) is -0.245. The molecular weight excluding hydrogens is 864 g/mol. The Balaban J connectivity index is 0.974. The molecule has 0 spiro atoms. The Hall–Kier alpha value is -5.33. The SMILES string of the molecule is COc1cc(C=CC(=O)OCC2(O)COC(OCC3OC(Oc4c(OC)cc(C5OCC6C(c7cc(OC)c(O)c(OC)c7)OCC56)cc4OC)C(O)C(O)C3O)C2O)cc(OC)c1O. The number of hydrogen-bond donors (Lipinski definition) is 7. The number of fused-ring (bicyclic) bond motifs is 1. The van der Waals surface area contributed by atoms with Gasteiger partial charge in [-0.2, -0.15) is 0 Å². The molecule has 0 aliphatic carbocycles. The number of methoxy groups -OCH3 is 6. The van der Waals surface area contributed by atoms with Gasteiger partial charge >= 0.3 is 5.97 Å². The van der Waals surface area contributed by atoms with Crippen molar-refractivity contribution >= 4 is 12.0 Å².